The number of fused-ring (bicyclic) bond motifs is 6. The van der Waals surface area contributed by atoms with E-state index in [0.29, 0.717) is 33.4 Å². The molecule has 0 unspecified atom stereocenters. The van der Waals surface area contributed by atoms with Crippen LogP contribution in [0.3, 0.4) is 0 Å². The van der Waals surface area contributed by atoms with Crippen molar-refractivity contribution in [2.75, 3.05) is 49.2 Å². The number of ether oxygens (including phenoxy) is 2. The van der Waals surface area contributed by atoms with Gasteiger partial charge >= 0.3 is 83.6 Å². The Morgan fingerprint density at radius 1 is 0.344 bits per heavy atom. The highest BCUT2D eigenvalue weighted by molar-refractivity contribution is 5.85. The molecule has 1 saturated heterocycles. The maximum atomic E-state index is 15.2. The number of benzene rings is 4. The second kappa shape index (κ2) is 20.9. The van der Waals surface area contributed by atoms with Gasteiger partial charge in [0.2, 0.25) is 11.9 Å². The van der Waals surface area contributed by atoms with Crippen molar-refractivity contribution >= 4 is 11.9 Å². The van der Waals surface area contributed by atoms with Crippen molar-refractivity contribution in [3.63, 3.8) is 0 Å². The fraction of sp³-hybridized carbons (Fsp3) is 0.444. The zero-order chi connectivity index (χ0) is 67.2. The summed E-state index contributed by atoms with van der Waals surface area (Å²) in [5.41, 5.74) is 3.65. The van der Waals surface area contributed by atoms with Crippen LogP contribution in [0.1, 0.15) is 49.9 Å². The van der Waals surface area contributed by atoms with Gasteiger partial charge in [0.05, 0.1) is 0 Å². The molecule has 10 nitrogen and oxygen atoms in total. The molecular formula is C54H38F26N8O2. The van der Waals surface area contributed by atoms with Crippen LogP contribution in [-0.4, -0.2) is 141 Å². The second-order valence-corrected chi connectivity index (χ2v) is 21.9. The molecule has 1 aliphatic heterocycles. The van der Waals surface area contributed by atoms with Crippen LogP contribution in [0.4, 0.5) is 126 Å². The summed E-state index contributed by atoms with van der Waals surface area (Å²) in [6.07, 6.45) is -15.4. The Morgan fingerprint density at radius 2 is 0.633 bits per heavy atom. The third-order valence-electron chi connectivity index (χ3n) is 15.5. The van der Waals surface area contributed by atoms with Gasteiger partial charge in [-0.3, -0.25) is 0 Å². The summed E-state index contributed by atoms with van der Waals surface area (Å²) in [6.45, 7) is -1.21. The lowest BCUT2D eigenvalue weighted by Crippen LogP contribution is -2.70. The Kier molecular flexibility index (Phi) is 15.5. The standard InChI is InChI=1S/C54H38F26N8O2/c1-41(2)31-11-7-5-9-27(31)29-21-25(13-15-33(29)41)35-81-37(85-39(83-35)89-23-43(55,56)45(59,60)47(63,64)49(67,68)51(71,72)53(75,76)77)87-17-19-88(20-18-87)38-82-36(26-14-16-34-30(22-26)28-10-6-8-12-32(28)42(34,3)4)84-40(86-38)90-24-44(57,58)46(61,62)48(65,66)50(69,70)52(73,74)54(78,79)80/h5-16,21-22H,17-20,23-24H2,1-4H3. The molecule has 0 N–H and O–H groups in total. The summed E-state index contributed by atoms with van der Waals surface area (Å²) in [6, 6.07) is 19.2. The SMILES string of the molecule is CC1(C)c2ccccc2-c2cc(-c3nc(OCC(F)(F)C(F)(F)C(F)(F)C(F)(F)C(F)(F)C(F)(F)F)nc(N4CCN(c5nc(OCC(F)(F)C(F)(F)C(F)(F)C(F)(F)C(F)(F)C(F)(F)F)nc(-c6ccc7c(c6)-c6ccccc6C7(C)C)n5)CC4)n3)ccc21. The van der Waals surface area contributed by atoms with Crippen LogP contribution in [0.15, 0.2) is 84.9 Å². The molecule has 488 valence electrons. The molecule has 3 heterocycles. The first kappa shape index (κ1) is 66.7. The van der Waals surface area contributed by atoms with E-state index >= 15 is 17.6 Å². The summed E-state index contributed by atoms with van der Waals surface area (Å²) >= 11 is 0. The average molecular weight is 1320 g/mol. The van der Waals surface area contributed by atoms with Gasteiger partial charge in [-0.15, -0.1) is 0 Å². The van der Waals surface area contributed by atoms with Gasteiger partial charge in [-0.25, -0.2) is 0 Å². The second-order valence-electron chi connectivity index (χ2n) is 21.9. The molecule has 6 aromatic rings. The van der Waals surface area contributed by atoms with Gasteiger partial charge in [-0.1, -0.05) is 100 Å². The highest BCUT2D eigenvalue weighted by Crippen LogP contribution is 2.62. The van der Waals surface area contributed by atoms with Crippen LogP contribution in [-0.2, 0) is 10.8 Å². The quantitative estimate of drug-likeness (QED) is 0.0773. The van der Waals surface area contributed by atoms with Crippen molar-refractivity contribution in [2.24, 2.45) is 0 Å². The lowest BCUT2D eigenvalue weighted by atomic mass is 9.82. The number of anilines is 2. The fourth-order valence-electron chi connectivity index (χ4n) is 10.3. The van der Waals surface area contributed by atoms with Crippen LogP contribution in [0.5, 0.6) is 12.0 Å². The molecule has 0 atom stereocenters. The van der Waals surface area contributed by atoms with E-state index in [9.17, 15) is 96.6 Å². The summed E-state index contributed by atoms with van der Waals surface area (Å²) in [4.78, 5) is 25.7. The van der Waals surface area contributed by atoms with Crippen molar-refractivity contribution in [1.82, 2.24) is 29.9 Å². The van der Waals surface area contributed by atoms with Crippen molar-refractivity contribution in [3.05, 3.63) is 107 Å². The van der Waals surface area contributed by atoms with E-state index in [1.165, 1.54) is 24.3 Å². The van der Waals surface area contributed by atoms with E-state index in [1.807, 2.05) is 27.7 Å². The molecule has 90 heavy (non-hydrogen) atoms. The monoisotopic (exact) mass is 1320 g/mol. The number of aromatic nitrogens is 6. The molecule has 0 radical (unpaired) electrons. The molecule has 0 saturated carbocycles. The van der Waals surface area contributed by atoms with Gasteiger partial charge in [0.15, 0.2) is 24.9 Å². The predicted octanol–water partition coefficient (Wildman–Crippen LogP) is 15.6. The largest absolute Gasteiger partial charge is 0.460 e. The van der Waals surface area contributed by atoms with Crippen molar-refractivity contribution < 1.29 is 124 Å². The molecule has 0 spiro atoms. The normalized spacial score (nSPS) is 16.8. The van der Waals surface area contributed by atoms with Gasteiger partial charge in [0.25, 0.3) is 0 Å². The lowest BCUT2D eigenvalue weighted by Gasteiger charge is -2.39. The zero-order valence-corrected chi connectivity index (χ0v) is 45.5. The minimum atomic E-state index is -8.24. The molecule has 4 aromatic carbocycles. The summed E-state index contributed by atoms with van der Waals surface area (Å²) in [5, 5.41) is 0. The van der Waals surface area contributed by atoms with Crippen molar-refractivity contribution in [3.8, 4) is 57.1 Å². The lowest BCUT2D eigenvalue weighted by molar-refractivity contribution is -0.440. The number of nitrogens with zero attached hydrogens (tertiary/aromatic N) is 8. The van der Waals surface area contributed by atoms with Gasteiger partial charge < -0.3 is 19.3 Å². The van der Waals surface area contributed by atoms with E-state index < -0.39 is 157 Å². The topological polar surface area (TPSA) is 102 Å². The van der Waals surface area contributed by atoms with E-state index in [1.54, 1.807) is 60.7 Å². The van der Waals surface area contributed by atoms with Crippen LogP contribution in [0, 0.1) is 0 Å². The molecule has 2 aromatic heterocycles. The highest BCUT2D eigenvalue weighted by Gasteiger charge is 2.92. The predicted molar refractivity (Wildman–Crippen MR) is 263 cm³/mol. The fourth-order valence-corrected chi connectivity index (χ4v) is 10.3. The molecule has 9 rings (SSSR count). The van der Waals surface area contributed by atoms with E-state index in [-0.39, 0.29) is 11.1 Å². The molecule has 2 aliphatic carbocycles. The first-order valence-electron chi connectivity index (χ1n) is 25.6. The van der Waals surface area contributed by atoms with E-state index in [4.69, 9.17) is 0 Å². The van der Waals surface area contributed by atoms with Crippen LogP contribution in [0.2, 0.25) is 0 Å². The Bertz CT molecular complexity index is 3510. The molecule has 36 heteroatoms. The number of halogens is 26. The minimum absolute atomic E-state index is 0.0742. The van der Waals surface area contributed by atoms with Crippen molar-refractivity contribution in [1.29, 1.82) is 0 Å². The Balaban J connectivity index is 1.06. The molecule has 0 bridgehead atoms. The molecule has 3 aliphatic rings. The highest BCUT2D eigenvalue weighted by atomic mass is 19.4. The Labute approximate surface area is 488 Å². The molecule has 0 amide bonds. The number of hydrogen-bond donors (Lipinski definition) is 0. The Morgan fingerprint density at radius 3 is 0.944 bits per heavy atom. The van der Waals surface area contributed by atoms with Gasteiger partial charge in [-0.2, -0.15) is 144 Å². The number of alkyl halides is 26. The van der Waals surface area contributed by atoms with E-state index in [2.05, 4.69) is 39.4 Å². The zero-order valence-electron chi connectivity index (χ0n) is 45.5. The minimum Gasteiger partial charge on any atom is -0.457 e. The average Bonchev–Trinajstić information content (AvgIpc) is 1.06. The maximum absolute atomic E-state index is 15.2. The van der Waals surface area contributed by atoms with Gasteiger partial charge in [0.1, 0.15) is 0 Å². The summed E-state index contributed by atoms with van der Waals surface area (Å²) in [5.74, 6) is -80.7. The summed E-state index contributed by atoms with van der Waals surface area (Å²) < 4.78 is 375. The number of hydrogen-bond acceptors (Lipinski definition) is 10. The first-order chi connectivity index (χ1) is 40.9. The van der Waals surface area contributed by atoms with Gasteiger partial charge in [-0.05, 0) is 56.6 Å². The third-order valence-corrected chi connectivity index (χ3v) is 15.5. The smallest absolute Gasteiger partial charge is 0.457 e. The first-order valence-corrected chi connectivity index (χ1v) is 25.6. The maximum Gasteiger partial charge on any atom is 0.460 e. The molecular weight excluding hydrogens is 1290 g/mol. The molecule has 1 fully saturated rings. The van der Waals surface area contributed by atoms with Crippen LogP contribution >= 0.6 is 0 Å². The number of piperazine rings is 1. The van der Waals surface area contributed by atoms with E-state index in [0.717, 1.165) is 20.9 Å². The van der Waals surface area contributed by atoms with Crippen molar-refractivity contribution in [2.45, 2.75) is 110 Å². The number of rotatable bonds is 18. The Hall–Kier alpha value is -7.72. The van der Waals surface area contributed by atoms with Crippen LogP contribution in [0.25, 0.3) is 45.0 Å². The van der Waals surface area contributed by atoms with Gasteiger partial charge in [0, 0.05) is 48.1 Å². The van der Waals surface area contributed by atoms with Crippen LogP contribution < -0.4 is 19.3 Å². The summed E-state index contributed by atoms with van der Waals surface area (Å²) in [7, 11) is 0. The third kappa shape index (κ3) is 10.0.